The van der Waals surface area contributed by atoms with Crippen molar-refractivity contribution in [3.63, 3.8) is 0 Å². The Bertz CT molecular complexity index is 326. The van der Waals surface area contributed by atoms with Crippen LogP contribution in [0.1, 0.15) is 60.3 Å². The highest BCUT2D eigenvalue weighted by atomic mass is 16.7. The predicted octanol–water partition coefficient (Wildman–Crippen LogP) is 4.30. The van der Waals surface area contributed by atoms with Gasteiger partial charge in [-0.15, -0.1) is 6.58 Å². The van der Waals surface area contributed by atoms with Crippen LogP contribution in [0, 0.1) is 11.3 Å². The van der Waals surface area contributed by atoms with Crippen molar-refractivity contribution in [2.45, 2.75) is 77.8 Å². The van der Waals surface area contributed by atoms with E-state index in [1.54, 1.807) is 0 Å². The number of hydrogen-bond donors (Lipinski definition) is 0. The Balaban J connectivity index is 2.24. The zero-order valence-electron chi connectivity index (χ0n) is 12.6. The van der Waals surface area contributed by atoms with E-state index in [4.69, 9.17) is 9.47 Å². The second kappa shape index (κ2) is 4.35. The van der Waals surface area contributed by atoms with Crippen molar-refractivity contribution in [3.05, 3.63) is 12.7 Å². The fourth-order valence-corrected chi connectivity index (χ4v) is 3.82. The Morgan fingerprint density at radius 1 is 1.33 bits per heavy atom. The third-order valence-corrected chi connectivity index (χ3v) is 4.46. The van der Waals surface area contributed by atoms with E-state index in [1.807, 2.05) is 19.9 Å². The van der Waals surface area contributed by atoms with Crippen molar-refractivity contribution in [3.8, 4) is 0 Å². The van der Waals surface area contributed by atoms with Crippen molar-refractivity contribution in [1.82, 2.24) is 0 Å². The van der Waals surface area contributed by atoms with E-state index in [0.717, 1.165) is 19.3 Å². The minimum atomic E-state index is -0.462. The molecule has 0 unspecified atom stereocenters. The van der Waals surface area contributed by atoms with Gasteiger partial charge in [0.25, 0.3) is 0 Å². The van der Waals surface area contributed by atoms with Crippen molar-refractivity contribution in [2.75, 3.05) is 0 Å². The van der Waals surface area contributed by atoms with E-state index in [9.17, 15) is 0 Å². The zero-order valence-corrected chi connectivity index (χ0v) is 12.6. The van der Waals surface area contributed by atoms with Gasteiger partial charge < -0.3 is 9.47 Å². The van der Waals surface area contributed by atoms with Crippen LogP contribution in [0.2, 0.25) is 0 Å². The van der Waals surface area contributed by atoms with Gasteiger partial charge >= 0.3 is 0 Å². The number of rotatable bonds is 2. The van der Waals surface area contributed by atoms with Gasteiger partial charge in [0.05, 0.1) is 11.7 Å². The summed E-state index contributed by atoms with van der Waals surface area (Å²) in [5.74, 6) is 0.161. The van der Waals surface area contributed by atoms with Crippen molar-refractivity contribution < 1.29 is 9.47 Å². The maximum atomic E-state index is 6.24. The molecule has 2 nitrogen and oxygen atoms in total. The van der Waals surface area contributed by atoms with E-state index in [0.29, 0.717) is 17.4 Å². The number of ether oxygens (including phenoxy) is 2. The average molecular weight is 252 g/mol. The summed E-state index contributed by atoms with van der Waals surface area (Å²) in [5.41, 5.74) is 0.272. The van der Waals surface area contributed by atoms with Gasteiger partial charge in [-0.3, -0.25) is 0 Å². The third kappa shape index (κ3) is 2.65. The van der Waals surface area contributed by atoms with Crippen LogP contribution < -0.4 is 0 Å². The lowest BCUT2D eigenvalue weighted by molar-refractivity contribution is -0.359. The summed E-state index contributed by atoms with van der Waals surface area (Å²) in [4.78, 5) is 0. The predicted molar refractivity (Wildman–Crippen MR) is 74.4 cm³/mol. The van der Waals surface area contributed by atoms with E-state index in [-0.39, 0.29) is 5.60 Å². The van der Waals surface area contributed by atoms with Crippen LogP contribution in [0.3, 0.4) is 0 Å². The summed E-state index contributed by atoms with van der Waals surface area (Å²) in [5, 5.41) is 0. The van der Waals surface area contributed by atoms with Crippen LogP contribution in [-0.2, 0) is 9.47 Å². The van der Waals surface area contributed by atoms with Crippen molar-refractivity contribution in [1.29, 1.82) is 0 Å². The van der Waals surface area contributed by atoms with Gasteiger partial charge in [-0.05, 0) is 44.4 Å². The molecule has 2 aliphatic rings. The lowest BCUT2D eigenvalue weighted by Crippen LogP contribution is -2.58. The molecule has 104 valence electrons. The first-order chi connectivity index (χ1) is 8.18. The molecule has 1 aliphatic carbocycles. The molecule has 1 saturated carbocycles. The minimum Gasteiger partial charge on any atom is -0.347 e. The first kappa shape index (κ1) is 14.1. The summed E-state index contributed by atoms with van der Waals surface area (Å²) in [6, 6.07) is 0. The van der Waals surface area contributed by atoms with Crippen LogP contribution >= 0.6 is 0 Å². The van der Waals surface area contributed by atoms with Gasteiger partial charge in [0, 0.05) is 6.42 Å². The largest absolute Gasteiger partial charge is 0.347 e. The Hall–Kier alpha value is -0.340. The van der Waals surface area contributed by atoms with Gasteiger partial charge in [0.1, 0.15) is 0 Å². The molecular weight excluding hydrogens is 224 g/mol. The second-order valence-corrected chi connectivity index (χ2v) is 7.55. The zero-order chi connectivity index (χ0) is 13.6. The Morgan fingerprint density at radius 3 is 2.56 bits per heavy atom. The number of fused-ring (bicyclic) bond motifs is 2. The van der Waals surface area contributed by atoms with E-state index < -0.39 is 5.79 Å². The summed E-state index contributed by atoms with van der Waals surface area (Å²) in [6.07, 6.45) is 6.60. The normalized spacial score (nSPS) is 39.4. The van der Waals surface area contributed by atoms with Crippen molar-refractivity contribution in [2.24, 2.45) is 11.3 Å². The maximum Gasteiger partial charge on any atom is 0.163 e. The molecular formula is C16H28O2. The Kier molecular flexibility index (Phi) is 3.40. The van der Waals surface area contributed by atoms with Gasteiger partial charge in [0.2, 0.25) is 0 Å². The highest BCUT2D eigenvalue weighted by Crippen LogP contribution is 2.51. The molecule has 1 heterocycles. The van der Waals surface area contributed by atoms with Gasteiger partial charge in [0.15, 0.2) is 5.79 Å². The molecule has 0 amide bonds. The van der Waals surface area contributed by atoms with Crippen LogP contribution in [-0.4, -0.2) is 17.5 Å². The third-order valence-electron chi connectivity index (χ3n) is 4.46. The van der Waals surface area contributed by atoms with E-state index in [2.05, 4.69) is 27.4 Å². The lowest BCUT2D eigenvalue weighted by Gasteiger charge is -2.56. The molecule has 0 aromatic heterocycles. The molecule has 0 spiro atoms. The van der Waals surface area contributed by atoms with Crippen molar-refractivity contribution >= 4 is 0 Å². The van der Waals surface area contributed by atoms with Gasteiger partial charge in [-0.2, -0.15) is 0 Å². The molecule has 1 saturated heterocycles. The van der Waals surface area contributed by atoms with Crippen LogP contribution in [0.4, 0.5) is 0 Å². The maximum absolute atomic E-state index is 6.24. The molecule has 2 bridgehead atoms. The SMILES string of the molecule is C=CC[C@@]12CC[C@H](C(C)(C)C)[C@@H](C1)OC(C)(C)O2. The molecule has 18 heavy (non-hydrogen) atoms. The molecule has 2 rings (SSSR count). The summed E-state index contributed by atoms with van der Waals surface area (Å²) in [7, 11) is 0. The highest BCUT2D eigenvalue weighted by Gasteiger charge is 2.52. The topological polar surface area (TPSA) is 18.5 Å². The fraction of sp³-hybridized carbons (Fsp3) is 0.875. The molecule has 3 atom stereocenters. The summed E-state index contributed by atoms with van der Waals surface area (Å²) in [6.45, 7) is 14.9. The monoisotopic (exact) mass is 252 g/mol. The summed E-state index contributed by atoms with van der Waals surface area (Å²) < 4.78 is 12.4. The van der Waals surface area contributed by atoms with Crippen LogP contribution in [0.5, 0.6) is 0 Å². The van der Waals surface area contributed by atoms with Gasteiger partial charge in [-0.25, -0.2) is 0 Å². The molecule has 0 aromatic rings. The first-order valence-corrected chi connectivity index (χ1v) is 7.16. The lowest BCUT2D eigenvalue weighted by atomic mass is 9.65. The standard InChI is InChI=1S/C16H28O2/c1-7-9-16-10-8-12(14(2,3)4)13(11-16)17-15(5,6)18-16/h7,12-13H,1,8-11H2,2-6H3/t12-,13+,16+/m0/s1. The smallest absolute Gasteiger partial charge is 0.163 e. The fourth-order valence-electron chi connectivity index (χ4n) is 3.82. The Morgan fingerprint density at radius 2 is 2.00 bits per heavy atom. The quantitative estimate of drug-likeness (QED) is 0.682. The second-order valence-electron chi connectivity index (χ2n) is 7.55. The van der Waals surface area contributed by atoms with E-state index >= 15 is 0 Å². The minimum absolute atomic E-state index is 0.0318. The van der Waals surface area contributed by atoms with E-state index in [1.165, 1.54) is 6.42 Å². The highest BCUT2D eigenvalue weighted by molar-refractivity contribution is 5.02. The molecule has 2 heteroatoms. The average Bonchev–Trinajstić information content (AvgIpc) is 2.12. The molecule has 0 radical (unpaired) electrons. The molecule has 2 fully saturated rings. The van der Waals surface area contributed by atoms with Crippen LogP contribution in [0.15, 0.2) is 12.7 Å². The first-order valence-electron chi connectivity index (χ1n) is 7.16. The Labute approximate surface area is 112 Å². The molecule has 0 aromatic carbocycles. The van der Waals surface area contributed by atoms with Crippen LogP contribution in [0.25, 0.3) is 0 Å². The number of hydrogen-bond acceptors (Lipinski definition) is 2. The van der Waals surface area contributed by atoms with Gasteiger partial charge in [-0.1, -0.05) is 26.8 Å². The molecule has 0 N–H and O–H groups in total. The summed E-state index contributed by atoms with van der Waals surface area (Å²) >= 11 is 0. The molecule has 1 aliphatic heterocycles.